The molecule has 1 aromatic carbocycles. The van der Waals surface area contributed by atoms with E-state index in [9.17, 15) is 22.4 Å². The average molecular weight is 285 g/mol. The van der Waals surface area contributed by atoms with Crippen molar-refractivity contribution in [3.05, 3.63) is 48.0 Å². The highest BCUT2D eigenvalue weighted by Gasteiger charge is 2.31. The number of carbonyl (C=O) groups excluding carboxylic acids is 1. The number of nitrogens with zero attached hydrogens (tertiary/aromatic N) is 1. The Morgan fingerprint density at radius 3 is 2.60 bits per heavy atom. The number of alkyl halides is 3. The zero-order valence-electron chi connectivity index (χ0n) is 9.82. The van der Waals surface area contributed by atoms with E-state index in [1.165, 1.54) is 18.2 Å². The third-order valence-electron chi connectivity index (χ3n) is 2.42. The van der Waals surface area contributed by atoms with Gasteiger partial charge < -0.3 is 4.74 Å². The molecule has 20 heavy (non-hydrogen) atoms. The maximum atomic E-state index is 13.7. The highest BCUT2D eigenvalue weighted by Crippen LogP contribution is 2.30. The van der Waals surface area contributed by atoms with Crippen molar-refractivity contribution in [1.82, 2.24) is 4.98 Å². The molecule has 1 aromatic heterocycles. The molecule has 0 N–H and O–H groups in total. The number of aldehydes is 1. The van der Waals surface area contributed by atoms with Crippen LogP contribution < -0.4 is 4.74 Å². The monoisotopic (exact) mass is 285 g/mol. The Balaban J connectivity index is 2.49. The third kappa shape index (κ3) is 3.11. The fraction of sp³-hybridized carbons (Fsp3) is 0.0769. The molecular formula is C13H7F4NO2. The number of halogens is 4. The first kappa shape index (κ1) is 14.0. The van der Waals surface area contributed by atoms with Gasteiger partial charge in [-0.15, -0.1) is 13.2 Å². The van der Waals surface area contributed by atoms with E-state index >= 15 is 0 Å². The van der Waals surface area contributed by atoms with E-state index < -0.39 is 18.1 Å². The van der Waals surface area contributed by atoms with Crippen molar-refractivity contribution >= 4 is 6.29 Å². The zero-order valence-corrected chi connectivity index (χ0v) is 9.82. The van der Waals surface area contributed by atoms with E-state index in [1.807, 2.05) is 0 Å². The lowest BCUT2D eigenvalue weighted by atomic mass is 10.0. The Bertz CT molecular complexity index is 641. The third-order valence-corrected chi connectivity index (χ3v) is 2.42. The summed E-state index contributed by atoms with van der Waals surface area (Å²) in [6.07, 6.45) is -3.35. The van der Waals surface area contributed by atoms with Gasteiger partial charge in [-0.1, -0.05) is 12.1 Å². The molecule has 0 saturated carbocycles. The zero-order chi connectivity index (χ0) is 14.8. The lowest BCUT2D eigenvalue weighted by molar-refractivity contribution is -0.274. The molecule has 104 valence electrons. The smallest absolute Gasteiger partial charge is 0.406 e. The van der Waals surface area contributed by atoms with Crippen LogP contribution in [0, 0.1) is 5.95 Å². The van der Waals surface area contributed by atoms with Crippen LogP contribution in [-0.2, 0) is 0 Å². The maximum absolute atomic E-state index is 13.7. The Morgan fingerprint density at radius 2 is 1.95 bits per heavy atom. The second kappa shape index (κ2) is 5.28. The lowest BCUT2D eigenvalue weighted by Crippen LogP contribution is -2.17. The fourth-order valence-corrected chi connectivity index (χ4v) is 1.68. The van der Waals surface area contributed by atoms with E-state index in [2.05, 4.69) is 9.72 Å². The maximum Gasteiger partial charge on any atom is 0.573 e. The number of aromatic nitrogens is 1. The van der Waals surface area contributed by atoms with E-state index in [4.69, 9.17) is 0 Å². The van der Waals surface area contributed by atoms with Crippen LogP contribution in [0.5, 0.6) is 5.75 Å². The van der Waals surface area contributed by atoms with Gasteiger partial charge in [0.1, 0.15) is 5.75 Å². The van der Waals surface area contributed by atoms with Gasteiger partial charge in [-0.2, -0.15) is 4.39 Å². The first-order chi connectivity index (χ1) is 9.40. The molecule has 1 heterocycles. The number of rotatable bonds is 3. The van der Waals surface area contributed by atoms with Crippen LogP contribution in [-0.4, -0.2) is 17.6 Å². The van der Waals surface area contributed by atoms with Crippen molar-refractivity contribution in [2.75, 3.05) is 0 Å². The largest absolute Gasteiger partial charge is 0.573 e. The van der Waals surface area contributed by atoms with Gasteiger partial charge in [-0.25, -0.2) is 4.98 Å². The summed E-state index contributed by atoms with van der Waals surface area (Å²) < 4.78 is 53.8. The summed E-state index contributed by atoms with van der Waals surface area (Å²) in [7, 11) is 0. The minimum atomic E-state index is -4.85. The van der Waals surface area contributed by atoms with Gasteiger partial charge in [0.25, 0.3) is 0 Å². The molecular weight excluding hydrogens is 278 g/mol. The predicted molar refractivity (Wildman–Crippen MR) is 61.7 cm³/mol. The van der Waals surface area contributed by atoms with Gasteiger partial charge in [0, 0.05) is 17.3 Å². The van der Waals surface area contributed by atoms with Gasteiger partial charge in [0.05, 0.1) is 0 Å². The normalized spacial score (nSPS) is 11.2. The molecule has 0 amide bonds. The molecule has 2 aromatic rings. The van der Waals surface area contributed by atoms with Crippen LogP contribution in [0.15, 0.2) is 36.5 Å². The minimum Gasteiger partial charge on any atom is -0.406 e. The Morgan fingerprint density at radius 1 is 1.20 bits per heavy atom. The highest BCUT2D eigenvalue weighted by molar-refractivity contribution is 5.87. The molecule has 0 aliphatic heterocycles. The standard InChI is InChI=1S/C13H7F4NO2/c14-12-11(9(7-19)4-5-18-12)8-2-1-3-10(6-8)20-13(15,16)17/h1-7H. The second-order valence-corrected chi connectivity index (χ2v) is 3.76. The van der Waals surface area contributed by atoms with E-state index in [-0.39, 0.29) is 16.7 Å². The Kier molecular flexibility index (Phi) is 3.69. The van der Waals surface area contributed by atoms with E-state index in [1.54, 1.807) is 0 Å². The van der Waals surface area contributed by atoms with E-state index in [0.717, 1.165) is 18.3 Å². The molecule has 0 aliphatic carbocycles. The van der Waals surface area contributed by atoms with Crippen molar-refractivity contribution in [2.24, 2.45) is 0 Å². The van der Waals surface area contributed by atoms with Crippen LogP contribution in [0.2, 0.25) is 0 Å². The van der Waals surface area contributed by atoms with Gasteiger partial charge in [0.2, 0.25) is 5.95 Å². The quantitative estimate of drug-likeness (QED) is 0.491. The number of carbonyl (C=O) groups is 1. The molecule has 0 saturated heterocycles. The molecule has 0 unspecified atom stereocenters. The van der Waals surface area contributed by atoms with Gasteiger partial charge in [0.15, 0.2) is 6.29 Å². The highest BCUT2D eigenvalue weighted by atomic mass is 19.4. The first-order valence-corrected chi connectivity index (χ1v) is 5.36. The summed E-state index contributed by atoms with van der Waals surface area (Å²) in [6.45, 7) is 0. The molecule has 0 atom stereocenters. The average Bonchev–Trinajstić information content (AvgIpc) is 2.36. The van der Waals surface area contributed by atoms with Crippen LogP contribution in [0.3, 0.4) is 0 Å². The number of benzene rings is 1. The van der Waals surface area contributed by atoms with Gasteiger partial charge in [-0.05, 0) is 23.8 Å². The molecule has 0 fully saturated rings. The van der Waals surface area contributed by atoms with Crippen molar-refractivity contribution in [2.45, 2.75) is 6.36 Å². The number of hydrogen-bond donors (Lipinski definition) is 0. The summed E-state index contributed by atoms with van der Waals surface area (Å²) in [5, 5.41) is 0. The van der Waals surface area contributed by atoms with Crippen molar-refractivity contribution in [3.63, 3.8) is 0 Å². The van der Waals surface area contributed by atoms with Crippen molar-refractivity contribution in [3.8, 4) is 16.9 Å². The molecule has 3 nitrogen and oxygen atoms in total. The summed E-state index contributed by atoms with van der Waals surface area (Å²) in [4.78, 5) is 14.2. The van der Waals surface area contributed by atoms with Gasteiger partial charge >= 0.3 is 6.36 Å². The molecule has 0 bridgehead atoms. The molecule has 7 heteroatoms. The van der Waals surface area contributed by atoms with Crippen molar-refractivity contribution in [1.29, 1.82) is 0 Å². The van der Waals surface area contributed by atoms with Crippen LogP contribution in [0.1, 0.15) is 10.4 Å². The summed E-state index contributed by atoms with van der Waals surface area (Å²) in [6, 6.07) is 5.95. The molecule has 2 rings (SSSR count). The minimum absolute atomic E-state index is 0.0124. The SMILES string of the molecule is O=Cc1ccnc(F)c1-c1cccc(OC(F)(F)F)c1. The molecule has 0 radical (unpaired) electrons. The predicted octanol–water partition coefficient (Wildman–Crippen LogP) is 3.60. The number of pyridine rings is 1. The van der Waals surface area contributed by atoms with Crippen LogP contribution in [0.4, 0.5) is 17.6 Å². The van der Waals surface area contributed by atoms with Crippen molar-refractivity contribution < 1.29 is 27.1 Å². The van der Waals surface area contributed by atoms with Crippen LogP contribution >= 0.6 is 0 Å². The van der Waals surface area contributed by atoms with Gasteiger partial charge in [-0.3, -0.25) is 4.79 Å². The Labute approximate surface area is 110 Å². The lowest BCUT2D eigenvalue weighted by Gasteiger charge is -2.11. The summed E-state index contributed by atoms with van der Waals surface area (Å²) in [5.41, 5.74) is -0.115. The van der Waals surface area contributed by atoms with Crippen LogP contribution in [0.25, 0.3) is 11.1 Å². The second-order valence-electron chi connectivity index (χ2n) is 3.76. The van der Waals surface area contributed by atoms with E-state index in [0.29, 0.717) is 6.29 Å². The Hall–Kier alpha value is -2.44. The molecule has 0 spiro atoms. The fourth-order valence-electron chi connectivity index (χ4n) is 1.68. The summed E-state index contributed by atoms with van der Waals surface area (Å²) >= 11 is 0. The first-order valence-electron chi connectivity index (χ1n) is 5.36. The summed E-state index contributed by atoms with van der Waals surface area (Å²) in [5.74, 6) is -1.45. The molecule has 0 aliphatic rings. The number of hydrogen-bond acceptors (Lipinski definition) is 3. The topological polar surface area (TPSA) is 39.2 Å². The number of ether oxygens (including phenoxy) is 1.